The summed E-state index contributed by atoms with van der Waals surface area (Å²) in [7, 11) is -0.613. The summed E-state index contributed by atoms with van der Waals surface area (Å²) in [4.78, 5) is 12.6. The van der Waals surface area contributed by atoms with E-state index in [1.165, 1.54) is 43.9 Å². The summed E-state index contributed by atoms with van der Waals surface area (Å²) in [5.41, 5.74) is 2.30. The van der Waals surface area contributed by atoms with Crippen molar-refractivity contribution in [2.75, 3.05) is 14.1 Å². The topological polar surface area (TPSA) is 76.8 Å². The molecule has 2 aromatic carbocycles. The van der Waals surface area contributed by atoms with Crippen molar-refractivity contribution in [3.63, 3.8) is 0 Å². The molecule has 0 saturated heterocycles. The molecule has 28 heavy (non-hydrogen) atoms. The van der Waals surface area contributed by atoms with Crippen molar-refractivity contribution >= 4 is 27.0 Å². The van der Waals surface area contributed by atoms with Crippen LogP contribution in [0.3, 0.4) is 0 Å². The minimum Gasteiger partial charge on any atom is -0.461 e. The molecule has 6 nitrogen and oxygen atoms in total. The number of ether oxygens (including phenoxy) is 1. The van der Waals surface area contributed by atoms with Crippen molar-refractivity contribution < 1.29 is 22.4 Å². The van der Waals surface area contributed by atoms with E-state index in [0.717, 1.165) is 46.7 Å². The van der Waals surface area contributed by atoms with E-state index in [4.69, 9.17) is 9.15 Å². The fraction of sp³-hybridized carbons (Fsp3) is 0.286. The van der Waals surface area contributed by atoms with E-state index in [1.54, 1.807) is 6.07 Å². The first-order chi connectivity index (χ1) is 13.4. The van der Waals surface area contributed by atoms with Crippen molar-refractivity contribution in [1.29, 1.82) is 0 Å². The summed E-state index contributed by atoms with van der Waals surface area (Å²) in [6, 6.07) is 11.1. The van der Waals surface area contributed by atoms with Crippen molar-refractivity contribution in [1.82, 2.24) is 4.31 Å². The predicted molar refractivity (Wildman–Crippen MR) is 105 cm³/mol. The Morgan fingerprint density at radius 1 is 1.04 bits per heavy atom. The van der Waals surface area contributed by atoms with Crippen molar-refractivity contribution in [2.24, 2.45) is 0 Å². The van der Waals surface area contributed by atoms with E-state index in [9.17, 15) is 13.2 Å². The van der Waals surface area contributed by atoms with Crippen LogP contribution in [-0.2, 0) is 22.9 Å². The van der Waals surface area contributed by atoms with Gasteiger partial charge in [-0.2, -0.15) is 0 Å². The van der Waals surface area contributed by atoms with Gasteiger partial charge >= 0.3 is 5.97 Å². The van der Waals surface area contributed by atoms with Crippen LogP contribution in [0.25, 0.3) is 11.0 Å². The van der Waals surface area contributed by atoms with Crippen LogP contribution in [0.5, 0.6) is 5.75 Å². The Hall–Kier alpha value is -2.64. The molecule has 0 unspecified atom stereocenters. The number of sulfonamides is 1. The van der Waals surface area contributed by atoms with E-state index in [-0.39, 0.29) is 10.5 Å². The maximum absolute atomic E-state index is 12.5. The molecule has 146 valence electrons. The maximum atomic E-state index is 12.5. The molecule has 0 radical (unpaired) electrons. The fourth-order valence-corrected chi connectivity index (χ4v) is 4.35. The molecule has 1 aliphatic carbocycles. The molecule has 1 aliphatic rings. The van der Waals surface area contributed by atoms with Crippen molar-refractivity contribution in [2.45, 2.75) is 30.6 Å². The third-order valence-electron chi connectivity index (χ3n) is 5.01. The zero-order chi connectivity index (χ0) is 19.9. The van der Waals surface area contributed by atoms with Crippen LogP contribution < -0.4 is 4.74 Å². The van der Waals surface area contributed by atoms with Crippen molar-refractivity contribution in [3.8, 4) is 5.75 Å². The third kappa shape index (κ3) is 3.31. The number of hydrogen-bond acceptors (Lipinski definition) is 5. The molecule has 1 aromatic heterocycles. The molecule has 0 spiro atoms. The van der Waals surface area contributed by atoms with Gasteiger partial charge in [-0.1, -0.05) is 0 Å². The number of fused-ring (bicyclic) bond motifs is 3. The number of nitrogens with zero attached hydrogens (tertiary/aromatic N) is 1. The maximum Gasteiger partial charge on any atom is 0.343 e. The standard InChI is InChI=1S/C21H21NO5S/c1-22(2)28(24,25)16-10-7-14(8-11-16)21(23)26-15-9-12-20-18(13-15)17-5-3-4-6-19(17)27-20/h7-13H,3-6H2,1-2H3. The van der Waals surface area contributed by atoms with Crippen LogP contribution in [0.2, 0.25) is 0 Å². The average molecular weight is 399 g/mol. The highest BCUT2D eigenvalue weighted by atomic mass is 32.2. The lowest BCUT2D eigenvalue weighted by atomic mass is 9.96. The van der Waals surface area contributed by atoms with E-state index < -0.39 is 16.0 Å². The molecule has 3 aromatic rings. The Kier molecular flexibility index (Phi) is 4.72. The van der Waals surface area contributed by atoms with Gasteiger partial charge in [-0.05, 0) is 61.7 Å². The summed E-state index contributed by atoms with van der Waals surface area (Å²) in [5.74, 6) is 0.935. The SMILES string of the molecule is CN(C)S(=O)(=O)c1ccc(C(=O)Oc2ccc3oc4c(c3c2)CCCC4)cc1. The Balaban J connectivity index is 1.56. The number of benzene rings is 2. The lowest BCUT2D eigenvalue weighted by Gasteiger charge is -2.11. The number of furan rings is 1. The molecule has 0 bridgehead atoms. The number of carbonyl (C=O) groups excluding carboxylic acids is 1. The van der Waals surface area contributed by atoms with Gasteiger partial charge < -0.3 is 9.15 Å². The molecule has 0 aliphatic heterocycles. The molecule has 0 N–H and O–H groups in total. The lowest BCUT2D eigenvalue weighted by Crippen LogP contribution is -2.22. The number of aryl methyl sites for hydroxylation is 2. The summed E-state index contributed by atoms with van der Waals surface area (Å²) in [5, 5.41) is 0.993. The molecule has 0 amide bonds. The molecular formula is C21H21NO5S. The van der Waals surface area contributed by atoms with Gasteiger partial charge in [-0.15, -0.1) is 0 Å². The predicted octanol–water partition coefficient (Wildman–Crippen LogP) is 3.78. The van der Waals surface area contributed by atoms with Gasteiger partial charge in [0.2, 0.25) is 10.0 Å². The van der Waals surface area contributed by atoms with Gasteiger partial charge in [-0.25, -0.2) is 17.5 Å². The second-order valence-corrected chi connectivity index (χ2v) is 9.22. The Morgan fingerprint density at radius 3 is 2.46 bits per heavy atom. The van der Waals surface area contributed by atoms with E-state index >= 15 is 0 Å². The van der Waals surface area contributed by atoms with Crippen LogP contribution in [0.4, 0.5) is 0 Å². The minimum absolute atomic E-state index is 0.125. The first-order valence-corrected chi connectivity index (χ1v) is 10.6. The zero-order valence-corrected chi connectivity index (χ0v) is 16.6. The number of esters is 1. The van der Waals surface area contributed by atoms with Gasteiger partial charge in [0.05, 0.1) is 10.5 Å². The molecule has 1 heterocycles. The molecular weight excluding hydrogens is 378 g/mol. The second-order valence-electron chi connectivity index (χ2n) is 7.07. The van der Waals surface area contributed by atoms with Crippen LogP contribution in [0.1, 0.15) is 34.5 Å². The molecule has 0 saturated carbocycles. The van der Waals surface area contributed by atoms with E-state index in [0.29, 0.717) is 5.75 Å². The summed E-state index contributed by atoms with van der Waals surface area (Å²) >= 11 is 0. The Labute approximate surface area is 163 Å². The van der Waals surface area contributed by atoms with Gasteiger partial charge in [0.15, 0.2) is 0 Å². The quantitative estimate of drug-likeness (QED) is 0.493. The normalized spacial score (nSPS) is 14.2. The highest BCUT2D eigenvalue weighted by Gasteiger charge is 2.20. The highest BCUT2D eigenvalue weighted by molar-refractivity contribution is 7.89. The molecule has 0 fully saturated rings. The van der Waals surface area contributed by atoms with E-state index in [2.05, 4.69) is 0 Å². The fourth-order valence-electron chi connectivity index (χ4n) is 3.45. The number of hydrogen-bond donors (Lipinski definition) is 0. The monoisotopic (exact) mass is 399 g/mol. The van der Waals surface area contributed by atoms with Gasteiger partial charge in [0.1, 0.15) is 17.1 Å². The van der Waals surface area contributed by atoms with E-state index in [1.807, 2.05) is 12.1 Å². The van der Waals surface area contributed by atoms with Crippen LogP contribution in [0.15, 0.2) is 51.8 Å². The smallest absolute Gasteiger partial charge is 0.343 e. The zero-order valence-electron chi connectivity index (χ0n) is 15.8. The molecule has 4 rings (SSSR count). The minimum atomic E-state index is -3.53. The summed E-state index contributed by atoms with van der Waals surface area (Å²) < 4.78 is 36.8. The molecule has 0 atom stereocenters. The summed E-state index contributed by atoms with van der Waals surface area (Å²) in [6.07, 6.45) is 4.19. The average Bonchev–Trinajstić information content (AvgIpc) is 3.06. The number of rotatable bonds is 4. The molecule has 7 heteroatoms. The Bertz CT molecular complexity index is 1140. The van der Waals surface area contributed by atoms with Crippen LogP contribution in [0, 0.1) is 0 Å². The largest absolute Gasteiger partial charge is 0.461 e. The highest BCUT2D eigenvalue weighted by Crippen LogP contribution is 2.34. The van der Waals surface area contributed by atoms with Gasteiger partial charge in [0, 0.05) is 31.5 Å². The Morgan fingerprint density at radius 2 is 1.75 bits per heavy atom. The van der Waals surface area contributed by atoms with Crippen molar-refractivity contribution in [3.05, 3.63) is 59.4 Å². The second kappa shape index (κ2) is 7.07. The third-order valence-corrected chi connectivity index (χ3v) is 6.83. The van der Waals surface area contributed by atoms with Gasteiger partial charge in [0.25, 0.3) is 0 Å². The van der Waals surface area contributed by atoms with Gasteiger partial charge in [-0.3, -0.25) is 0 Å². The lowest BCUT2D eigenvalue weighted by molar-refractivity contribution is 0.0735. The van der Waals surface area contributed by atoms with Crippen LogP contribution >= 0.6 is 0 Å². The van der Waals surface area contributed by atoms with Crippen LogP contribution in [-0.4, -0.2) is 32.8 Å². The first kappa shape index (κ1) is 18.7. The first-order valence-electron chi connectivity index (χ1n) is 9.15. The summed E-state index contributed by atoms with van der Waals surface area (Å²) in [6.45, 7) is 0. The number of carbonyl (C=O) groups is 1.